The summed E-state index contributed by atoms with van der Waals surface area (Å²) < 4.78 is 12.0. The van der Waals surface area contributed by atoms with Gasteiger partial charge in [0.2, 0.25) is 0 Å². The molecule has 2 aromatic rings. The van der Waals surface area contributed by atoms with Gasteiger partial charge < -0.3 is 14.4 Å². The number of hydrogen-bond donors (Lipinski definition) is 0. The summed E-state index contributed by atoms with van der Waals surface area (Å²) in [6.07, 6.45) is 5.29. The molecule has 0 aliphatic carbocycles. The van der Waals surface area contributed by atoms with Gasteiger partial charge in [0.1, 0.15) is 18.1 Å². The first kappa shape index (κ1) is 22.4. The third-order valence-corrected chi connectivity index (χ3v) is 6.29. The molecule has 1 saturated heterocycles. The van der Waals surface area contributed by atoms with E-state index in [2.05, 4.69) is 31.7 Å². The Hall–Kier alpha value is -2.79. The van der Waals surface area contributed by atoms with Gasteiger partial charge >= 0.3 is 0 Å². The lowest BCUT2D eigenvalue weighted by Crippen LogP contribution is -2.28. The van der Waals surface area contributed by atoms with E-state index >= 15 is 0 Å². The number of benzene rings is 2. The van der Waals surface area contributed by atoms with E-state index in [1.165, 1.54) is 31.5 Å². The lowest BCUT2D eigenvalue weighted by molar-refractivity contribution is -0.116. The van der Waals surface area contributed by atoms with E-state index in [4.69, 9.17) is 9.47 Å². The van der Waals surface area contributed by atoms with E-state index in [1.807, 2.05) is 42.5 Å². The minimum absolute atomic E-state index is 0.109. The van der Waals surface area contributed by atoms with E-state index in [1.54, 1.807) is 4.90 Å². The maximum absolute atomic E-state index is 13.0. The Morgan fingerprint density at radius 3 is 2.47 bits per heavy atom. The van der Waals surface area contributed by atoms with E-state index in [9.17, 15) is 4.79 Å². The Labute approximate surface area is 191 Å². The molecule has 0 saturated carbocycles. The molecule has 0 bridgehead atoms. The minimum Gasteiger partial charge on any atom is -0.492 e. The number of carbonyl (C=O) groups is 1. The second kappa shape index (κ2) is 10.2. The van der Waals surface area contributed by atoms with Crippen LogP contribution in [0, 0.1) is 0 Å². The summed E-state index contributed by atoms with van der Waals surface area (Å²) in [5.74, 6) is 2.34. The monoisotopic (exact) mass is 434 g/mol. The van der Waals surface area contributed by atoms with Crippen LogP contribution in [0.2, 0.25) is 0 Å². The van der Waals surface area contributed by atoms with Gasteiger partial charge in [-0.2, -0.15) is 0 Å². The number of amides is 1. The van der Waals surface area contributed by atoms with E-state index in [-0.39, 0.29) is 5.91 Å². The Morgan fingerprint density at radius 1 is 1.03 bits per heavy atom. The lowest BCUT2D eigenvalue weighted by atomic mass is 10.0. The summed E-state index contributed by atoms with van der Waals surface area (Å²) >= 11 is 0. The van der Waals surface area contributed by atoms with Crippen molar-refractivity contribution in [3.63, 3.8) is 0 Å². The number of anilines is 1. The van der Waals surface area contributed by atoms with Gasteiger partial charge in [-0.15, -0.1) is 0 Å². The van der Waals surface area contributed by atoms with Gasteiger partial charge in [-0.05, 0) is 85.8 Å². The van der Waals surface area contributed by atoms with Crippen molar-refractivity contribution in [2.75, 3.05) is 37.7 Å². The van der Waals surface area contributed by atoms with Gasteiger partial charge in [0, 0.05) is 18.8 Å². The number of ether oxygens (including phenoxy) is 2. The van der Waals surface area contributed by atoms with Crippen molar-refractivity contribution in [3.05, 3.63) is 65.4 Å². The molecule has 0 N–H and O–H groups in total. The summed E-state index contributed by atoms with van der Waals surface area (Å²) in [4.78, 5) is 17.2. The number of hydrogen-bond acceptors (Lipinski definition) is 4. The van der Waals surface area contributed by atoms with Crippen LogP contribution in [0.1, 0.15) is 50.7 Å². The van der Waals surface area contributed by atoms with E-state index < -0.39 is 0 Å². The molecule has 0 spiro atoms. The van der Waals surface area contributed by atoms with Crippen LogP contribution in [0.3, 0.4) is 0 Å². The molecule has 0 atom stereocenters. The summed E-state index contributed by atoms with van der Waals surface area (Å²) in [6, 6.07) is 14.0. The highest BCUT2D eigenvalue weighted by atomic mass is 16.5. The molecule has 32 heavy (non-hydrogen) atoms. The minimum atomic E-state index is -0.109. The Morgan fingerprint density at radius 2 is 1.78 bits per heavy atom. The highest BCUT2D eigenvalue weighted by molar-refractivity contribution is 6.07. The predicted octanol–water partition coefficient (Wildman–Crippen LogP) is 5.16. The first-order valence-corrected chi connectivity index (χ1v) is 11.8. The molecule has 5 heteroatoms. The molecule has 2 heterocycles. The fraction of sp³-hybridized carbons (Fsp3) is 0.444. The van der Waals surface area contributed by atoms with Gasteiger partial charge in [0.15, 0.2) is 5.76 Å². The second-order valence-corrected chi connectivity index (χ2v) is 8.85. The Bertz CT molecular complexity index is 959. The average Bonchev–Trinajstić information content (AvgIpc) is 3.45. The molecule has 170 valence electrons. The normalized spacial score (nSPS) is 16.7. The summed E-state index contributed by atoms with van der Waals surface area (Å²) in [7, 11) is 0. The molecule has 1 fully saturated rings. The van der Waals surface area contributed by atoms with Crippen LogP contribution in [0.4, 0.5) is 5.69 Å². The van der Waals surface area contributed by atoms with Crippen LogP contribution in [-0.4, -0.2) is 43.6 Å². The van der Waals surface area contributed by atoms with Crippen molar-refractivity contribution in [2.45, 2.75) is 46.0 Å². The van der Waals surface area contributed by atoms with Crippen molar-refractivity contribution in [3.8, 4) is 11.5 Å². The zero-order chi connectivity index (χ0) is 22.5. The van der Waals surface area contributed by atoms with Crippen molar-refractivity contribution < 1.29 is 14.3 Å². The van der Waals surface area contributed by atoms with Crippen molar-refractivity contribution in [2.24, 2.45) is 0 Å². The van der Waals surface area contributed by atoms with Crippen molar-refractivity contribution in [1.29, 1.82) is 0 Å². The molecule has 1 amide bonds. The van der Waals surface area contributed by atoms with Crippen LogP contribution < -0.4 is 14.4 Å². The molecule has 2 aliphatic rings. The largest absolute Gasteiger partial charge is 0.492 e. The second-order valence-electron chi connectivity index (χ2n) is 8.85. The predicted molar refractivity (Wildman–Crippen MR) is 129 cm³/mol. The zero-order valence-corrected chi connectivity index (χ0v) is 19.5. The van der Waals surface area contributed by atoms with Crippen molar-refractivity contribution in [1.82, 2.24) is 4.90 Å². The van der Waals surface area contributed by atoms with Gasteiger partial charge in [-0.3, -0.25) is 9.69 Å². The Kier molecular flexibility index (Phi) is 7.15. The highest BCUT2D eigenvalue weighted by Gasteiger charge is 2.27. The zero-order valence-electron chi connectivity index (χ0n) is 19.5. The summed E-state index contributed by atoms with van der Waals surface area (Å²) in [5.41, 5.74) is 3.25. The summed E-state index contributed by atoms with van der Waals surface area (Å²) in [6.45, 7) is 11.0. The molecule has 0 unspecified atom stereocenters. The van der Waals surface area contributed by atoms with E-state index in [0.717, 1.165) is 30.0 Å². The fourth-order valence-electron chi connectivity index (χ4n) is 4.27. The maximum Gasteiger partial charge on any atom is 0.294 e. The third-order valence-electron chi connectivity index (χ3n) is 6.29. The van der Waals surface area contributed by atoms with Gasteiger partial charge in [-0.1, -0.05) is 32.9 Å². The quantitative estimate of drug-likeness (QED) is 0.547. The number of nitrogens with zero attached hydrogens (tertiary/aromatic N) is 2. The highest BCUT2D eigenvalue weighted by Crippen LogP contribution is 2.30. The van der Waals surface area contributed by atoms with Gasteiger partial charge in [-0.25, -0.2) is 0 Å². The van der Waals surface area contributed by atoms with Gasteiger partial charge in [0.25, 0.3) is 5.91 Å². The molecule has 2 aromatic carbocycles. The standard InChI is InChI=1S/C27H34N2O3/c1-4-21-19-23(9-12-25(21)31-18-17-28-14-5-6-15-28)29-16-13-26(27(29)30)32-24-10-7-22(8-11-24)20(2)3/h7-13,19-20H,4-6,14-18H2,1-3H3. The van der Waals surface area contributed by atoms with Crippen LogP contribution in [-0.2, 0) is 11.2 Å². The van der Waals surface area contributed by atoms with Gasteiger partial charge in [0.05, 0.1) is 0 Å². The first-order chi connectivity index (χ1) is 15.5. The molecular weight excluding hydrogens is 400 g/mol. The lowest BCUT2D eigenvalue weighted by Gasteiger charge is -2.20. The van der Waals surface area contributed by atoms with Crippen LogP contribution in [0.5, 0.6) is 11.5 Å². The SMILES string of the molecule is CCc1cc(N2CC=C(Oc3ccc(C(C)C)cc3)C2=O)ccc1OCCN1CCCC1. The average molecular weight is 435 g/mol. The number of carbonyl (C=O) groups excluding carboxylic acids is 1. The topological polar surface area (TPSA) is 42.0 Å². The van der Waals surface area contributed by atoms with E-state index in [0.29, 0.717) is 30.6 Å². The molecule has 4 rings (SSSR count). The molecular formula is C27H34N2O3. The van der Waals surface area contributed by atoms with Crippen LogP contribution in [0.15, 0.2) is 54.3 Å². The first-order valence-electron chi connectivity index (χ1n) is 11.8. The maximum atomic E-state index is 13.0. The third kappa shape index (κ3) is 5.16. The van der Waals surface area contributed by atoms with Crippen molar-refractivity contribution >= 4 is 11.6 Å². The fourth-order valence-corrected chi connectivity index (χ4v) is 4.27. The molecule has 2 aliphatic heterocycles. The summed E-state index contributed by atoms with van der Waals surface area (Å²) in [5, 5.41) is 0. The number of rotatable bonds is 9. The van der Waals surface area contributed by atoms with Crippen LogP contribution in [0.25, 0.3) is 0 Å². The number of likely N-dealkylation sites (tertiary alicyclic amines) is 1. The number of aryl methyl sites for hydroxylation is 1. The molecule has 0 radical (unpaired) electrons. The molecule has 5 nitrogen and oxygen atoms in total. The van der Waals surface area contributed by atoms with Crippen LogP contribution >= 0.6 is 0 Å². The Balaban J connectivity index is 1.37. The smallest absolute Gasteiger partial charge is 0.294 e. The molecule has 0 aromatic heterocycles.